The summed E-state index contributed by atoms with van der Waals surface area (Å²) in [4.78, 5) is 15.3. The summed E-state index contributed by atoms with van der Waals surface area (Å²) in [5.41, 5.74) is 2.47. The Balaban J connectivity index is 1.79. The second-order valence-electron chi connectivity index (χ2n) is 9.92. The number of hydrogen-bond acceptors (Lipinski definition) is 4. The van der Waals surface area contributed by atoms with Crippen molar-refractivity contribution in [2.75, 3.05) is 18.1 Å². The summed E-state index contributed by atoms with van der Waals surface area (Å²) >= 11 is 13.0. The van der Waals surface area contributed by atoms with Crippen LogP contribution in [0.2, 0.25) is 10.0 Å². The largest absolute Gasteiger partial charge is 0.490 e. The molecule has 8 heteroatoms. The molecule has 1 atom stereocenters. The maximum atomic E-state index is 13.7. The van der Waals surface area contributed by atoms with Crippen LogP contribution < -0.4 is 4.74 Å². The molecular weight excluding hydrogens is 517 g/mol. The zero-order chi connectivity index (χ0) is 26.3. The van der Waals surface area contributed by atoms with E-state index in [1.807, 2.05) is 12.1 Å². The third-order valence-electron chi connectivity index (χ3n) is 6.65. The van der Waals surface area contributed by atoms with E-state index in [0.717, 1.165) is 18.4 Å². The van der Waals surface area contributed by atoms with Crippen molar-refractivity contribution in [2.45, 2.75) is 77.8 Å². The summed E-state index contributed by atoms with van der Waals surface area (Å²) in [6.07, 6.45) is 5.96. The minimum Gasteiger partial charge on any atom is -0.490 e. The lowest BCUT2D eigenvalue weighted by Crippen LogP contribution is -2.40. The first-order valence-electron chi connectivity index (χ1n) is 12.8. The van der Waals surface area contributed by atoms with Crippen molar-refractivity contribution in [2.24, 2.45) is 0 Å². The number of carbonyl (C=O) groups excluding carboxylic acids is 1. The number of hydrogen-bond donors (Lipinski definition) is 0. The molecule has 0 aliphatic carbocycles. The number of ether oxygens (including phenoxy) is 1. The van der Waals surface area contributed by atoms with Crippen molar-refractivity contribution < 1.29 is 17.9 Å². The first-order valence-corrected chi connectivity index (χ1v) is 15.4. The number of nitrogens with zero attached hydrogens (tertiary/aromatic N) is 1. The number of unbranched alkanes of at least 4 members (excludes halogenated alkanes) is 4. The Morgan fingerprint density at radius 3 is 2.25 bits per heavy atom. The van der Waals surface area contributed by atoms with Gasteiger partial charge in [0.25, 0.3) is 5.91 Å². The van der Waals surface area contributed by atoms with E-state index in [0.29, 0.717) is 36.8 Å². The van der Waals surface area contributed by atoms with Crippen molar-refractivity contribution >= 4 is 38.9 Å². The number of benzene rings is 2. The van der Waals surface area contributed by atoms with Gasteiger partial charge in [-0.3, -0.25) is 4.79 Å². The van der Waals surface area contributed by atoms with Gasteiger partial charge in [0.05, 0.1) is 28.2 Å². The van der Waals surface area contributed by atoms with Gasteiger partial charge in [-0.15, -0.1) is 0 Å². The Morgan fingerprint density at radius 2 is 1.69 bits per heavy atom. The van der Waals surface area contributed by atoms with Crippen LogP contribution in [0.15, 0.2) is 36.4 Å². The van der Waals surface area contributed by atoms with Gasteiger partial charge in [-0.05, 0) is 42.0 Å². The maximum Gasteiger partial charge on any atom is 0.254 e. The molecule has 3 rings (SSSR count). The molecule has 1 heterocycles. The predicted molar refractivity (Wildman–Crippen MR) is 148 cm³/mol. The van der Waals surface area contributed by atoms with E-state index in [2.05, 4.69) is 32.9 Å². The van der Waals surface area contributed by atoms with Crippen LogP contribution in [0.4, 0.5) is 0 Å². The zero-order valence-corrected chi connectivity index (χ0v) is 23.8. The van der Waals surface area contributed by atoms with Crippen LogP contribution in [0, 0.1) is 0 Å². The van der Waals surface area contributed by atoms with Gasteiger partial charge >= 0.3 is 0 Å². The molecule has 0 saturated carbocycles. The Kier molecular flexibility index (Phi) is 10.5. The summed E-state index contributed by atoms with van der Waals surface area (Å²) in [6, 6.07) is 10.8. The second-order valence-corrected chi connectivity index (χ2v) is 13.0. The molecule has 0 radical (unpaired) electrons. The molecule has 1 saturated heterocycles. The van der Waals surface area contributed by atoms with Crippen molar-refractivity contribution in [3.63, 3.8) is 0 Å². The molecule has 1 unspecified atom stereocenters. The number of carbonyl (C=O) groups is 1. The highest BCUT2D eigenvalue weighted by molar-refractivity contribution is 7.91. The van der Waals surface area contributed by atoms with Crippen LogP contribution in [0.25, 0.3) is 0 Å². The molecule has 0 N–H and O–H groups in total. The van der Waals surface area contributed by atoms with Gasteiger partial charge in [-0.25, -0.2) is 8.42 Å². The first kappa shape index (κ1) is 28.8. The van der Waals surface area contributed by atoms with Crippen molar-refractivity contribution in [3.05, 3.63) is 63.1 Å². The molecule has 5 nitrogen and oxygen atoms in total. The Hall–Kier alpha value is -1.76. The minimum atomic E-state index is -3.17. The van der Waals surface area contributed by atoms with E-state index in [1.54, 1.807) is 17.0 Å². The van der Waals surface area contributed by atoms with Crippen molar-refractivity contribution in [3.8, 4) is 5.75 Å². The summed E-state index contributed by atoms with van der Waals surface area (Å²) < 4.78 is 30.3. The van der Waals surface area contributed by atoms with Crippen molar-refractivity contribution in [1.29, 1.82) is 0 Å². The third-order valence-corrected chi connectivity index (χ3v) is 8.96. The quantitative estimate of drug-likeness (QED) is 0.259. The van der Waals surface area contributed by atoms with Crippen LogP contribution in [-0.4, -0.2) is 43.4 Å². The Morgan fingerprint density at radius 1 is 1.06 bits per heavy atom. The Labute approximate surface area is 226 Å². The van der Waals surface area contributed by atoms with Gasteiger partial charge < -0.3 is 9.64 Å². The third kappa shape index (κ3) is 7.87. The molecule has 2 aromatic carbocycles. The lowest BCUT2D eigenvalue weighted by molar-refractivity contribution is 0.0681. The van der Waals surface area contributed by atoms with E-state index < -0.39 is 15.9 Å². The van der Waals surface area contributed by atoms with E-state index >= 15 is 0 Å². The molecule has 0 bridgehead atoms. The number of sulfone groups is 1. The highest BCUT2D eigenvalue weighted by Gasteiger charge is 2.35. The van der Waals surface area contributed by atoms with Gasteiger partial charge in [0.2, 0.25) is 0 Å². The van der Waals surface area contributed by atoms with E-state index in [4.69, 9.17) is 27.9 Å². The average molecular weight is 555 g/mol. The molecule has 1 aliphatic rings. The zero-order valence-electron chi connectivity index (χ0n) is 21.4. The fraction of sp³-hybridized carbons (Fsp3) is 0.536. The van der Waals surface area contributed by atoms with Crippen LogP contribution in [0.1, 0.15) is 86.7 Å². The van der Waals surface area contributed by atoms with Gasteiger partial charge in [-0.1, -0.05) is 93.9 Å². The molecule has 1 amide bonds. The van der Waals surface area contributed by atoms with Crippen LogP contribution in [0.5, 0.6) is 5.75 Å². The smallest absolute Gasteiger partial charge is 0.254 e. The van der Waals surface area contributed by atoms with Gasteiger partial charge in [0, 0.05) is 18.2 Å². The molecule has 0 spiro atoms. The molecule has 1 fully saturated rings. The number of halogens is 2. The predicted octanol–water partition coefficient (Wildman–Crippen LogP) is 7.30. The van der Waals surface area contributed by atoms with E-state index in [1.165, 1.54) is 24.8 Å². The topological polar surface area (TPSA) is 63.7 Å². The SMILES string of the molecule is CCCCCCCOc1c(Cl)cc(C(=O)N(Cc2ccc(C(C)C)cc2)C2CCS(=O)(=O)C2)cc1Cl. The molecule has 0 aromatic heterocycles. The second kappa shape index (κ2) is 13.2. The fourth-order valence-corrected chi connectivity index (χ4v) is 6.79. The summed E-state index contributed by atoms with van der Waals surface area (Å²) in [5.74, 6) is 0.534. The van der Waals surface area contributed by atoms with Gasteiger partial charge in [-0.2, -0.15) is 0 Å². The van der Waals surface area contributed by atoms with E-state index in [9.17, 15) is 13.2 Å². The summed E-state index contributed by atoms with van der Waals surface area (Å²) in [6.45, 7) is 7.24. The first-order chi connectivity index (χ1) is 17.1. The van der Waals surface area contributed by atoms with Crippen LogP contribution >= 0.6 is 23.2 Å². The van der Waals surface area contributed by atoms with Gasteiger partial charge in [0.15, 0.2) is 15.6 Å². The summed E-state index contributed by atoms with van der Waals surface area (Å²) in [5, 5.41) is 0.555. The summed E-state index contributed by atoms with van der Waals surface area (Å²) in [7, 11) is -3.17. The number of rotatable bonds is 12. The van der Waals surface area contributed by atoms with E-state index in [-0.39, 0.29) is 27.5 Å². The standard InChI is InChI=1S/C28H37Cl2NO4S/c1-4-5-6-7-8-14-35-27-25(29)16-23(17-26(27)30)28(32)31(24-13-15-36(33,34)19-24)18-21-9-11-22(12-10-21)20(2)3/h9-12,16-17,20,24H,4-8,13-15,18-19H2,1-3H3. The molecular formula is C28H37Cl2NO4S. The normalized spacial score (nSPS) is 16.9. The van der Waals surface area contributed by atoms with Crippen LogP contribution in [0.3, 0.4) is 0 Å². The molecule has 2 aromatic rings. The lowest BCUT2D eigenvalue weighted by Gasteiger charge is -2.29. The Bertz CT molecular complexity index is 1110. The highest BCUT2D eigenvalue weighted by atomic mass is 35.5. The van der Waals surface area contributed by atoms with Gasteiger partial charge in [0.1, 0.15) is 0 Å². The lowest BCUT2D eigenvalue weighted by atomic mass is 10.0. The maximum absolute atomic E-state index is 13.7. The molecule has 198 valence electrons. The van der Waals surface area contributed by atoms with Crippen LogP contribution in [-0.2, 0) is 16.4 Å². The number of amides is 1. The monoisotopic (exact) mass is 553 g/mol. The molecule has 36 heavy (non-hydrogen) atoms. The fourth-order valence-electron chi connectivity index (χ4n) is 4.46. The minimum absolute atomic E-state index is 0.0382. The average Bonchev–Trinajstić information content (AvgIpc) is 3.20. The molecule has 1 aliphatic heterocycles. The highest BCUT2D eigenvalue weighted by Crippen LogP contribution is 2.35. The van der Waals surface area contributed by atoms with Crippen molar-refractivity contribution in [1.82, 2.24) is 4.90 Å².